The largest absolute Gasteiger partial charge is 0.485 e. The molecule has 0 N–H and O–H groups in total. The van der Waals surface area contributed by atoms with Gasteiger partial charge in [0, 0.05) is 0 Å². The number of hydrogen-bond donors (Lipinski definition) is 0. The average molecular weight is 276 g/mol. The van der Waals surface area contributed by atoms with Crippen molar-refractivity contribution in [3.8, 4) is 5.75 Å². The molecule has 0 saturated carbocycles. The van der Waals surface area contributed by atoms with Crippen molar-refractivity contribution in [3.05, 3.63) is 41.5 Å². The molecule has 0 amide bonds. The van der Waals surface area contributed by atoms with Crippen LogP contribution in [0.15, 0.2) is 28.8 Å². The van der Waals surface area contributed by atoms with E-state index in [9.17, 15) is 0 Å². The van der Waals surface area contributed by atoms with Crippen molar-refractivity contribution >= 4 is 0 Å². The number of benzene rings is 1. The standard InChI is InChI=1S/C15H20N2O3/c1-11-5-7-12(8-6-11)18-9-13-16-14(20-17-13)10-19-15(2,3)4/h5-8H,9-10H2,1-4H3. The Kier molecular flexibility index (Phi) is 4.39. The van der Waals surface area contributed by atoms with Crippen LogP contribution >= 0.6 is 0 Å². The van der Waals surface area contributed by atoms with Gasteiger partial charge >= 0.3 is 0 Å². The van der Waals surface area contributed by atoms with E-state index in [0.717, 1.165) is 5.75 Å². The highest BCUT2D eigenvalue weighted by molar-refractivity contribution is 5.26. The summed E-state index contributed by atoms with van der Waals surface area (Å²) in [5, 5.41) is 3.86. The second-order valence-corrected chi connectivity index (χ2v) is 5.61. The van der Waals surface area contributed by atoms with Crippen molar-refractivity contribution in [3.63, 3.8) is 0 Å². The van der Waals surface area contributed by atoms with Gasteiger partial charge in [0.25, 0.3) is 5.89 Å². The molecule has 1 aromatic heterocycles. The highest BCUT2D eigenvalue weighted by Gasteiger charge is 2.13. The summed E-state index contributed by atoms with van der Waals surface area (Å²) in [4.78, 5) is 4.22. The Morgan fingerprint density at radius 1 is 1.10 bits per heavy atom. The van der Waals surface area contributed by atoms with Crippen LogP contribution in [0.4, 0.5) is 0 Å². The van der Waals surface area contributed by atoms with Crippen molar-refractivity contribution in [2.45, 2.75) is 46.5 Å². The normalized spacial score (nSPS) is 11.6. The Labute approximate surface area is 118 Å². The molecule has 2 aromatic rings. The van der Waals surface area contributed by atoms with Gasteiger partial charge in [0.15, 0.2) is 6.61 Å². The van der Waals surface area contributed by atoms with Crippen LogP contribution in [0.1, 0.15) is 38.0 Å². The van der Waals surface area contributed by atoms with Crippen LogP contribution in [0.25, 0.3) is 0 Å². The third-order valence-electron chi connectivity index (χ3n) is 2.53. The average Bonchev–Trinajstić information content (AvgIpc) is 2.83. The zero-order valence-corrected chi connectivity index (χ0v) is 12.3. The Morgan fingerprint density at radius 3 is 2.45 bits per heavy atom. The van der Waals surface area contributed by atoms with Gasteiger partial charge in [0.1, 0.15) is 12.4 Å². The maximum absolute atomic E-state index is 5.58. The highest BCUT2D eigenvalue weighted by Crippen LogP contribution is 2.14. The van der Waals surface area contributed by atoms with Gasteiger partial charge in [0.2, 0.25) is 5.82 Å². The van der Waals surface area contributed by atoms with Gasteiger partial charge in [-0.15, -0.1) is 0 Å². The first-order valence-corrected chi connectivity index (χ1v) is 6.57. The molecule has 20 heavy (non-hydrogen) atoms. The van der Waals surface area contributed by atoms with E-state index in [1.807, 2.05) is 52.0 Å². The summed E-state index contributed by atoms with van der Waals surface area (Å²) in [7, 11) is 0. The van der Waals surface area contributed by atoms with Crippen LogP contribution in [0.2, 0.25) is 0 Å². The van der Waals surface area contributed by atoms with Crippen molar-refractivity contribution in [2.24, 2.45) is 0 Å². The molecule has 0 spiro atoms. The molecule has 0 saturated heterocycles. The summed E-state index contributed by atoms with van der Waals surface area (Å²) in [6.45, 7) is 8.55. The van der Waals surface area contributed by atoms with E-state index in [0.29, 0.717) is 18.3 Å². The van der Waals surface area contributed by atoms with Gasteiger partial charge < -0.3 is 14.0 Å². The van der Waals surface area contributed by atoms with Gasteiger partial charge in [-0.05, 0) is 39.8 Å². The Hall–Kier alpha value is -1.88. The summed E-state index contributed by atoms with van der Waals surface area (Å²) in [5.74, 6) is 1.76. The van der Waals surface area contributed by atoms with Crippen molar-refractivity contribution in [1.29, 1.82) is 0 Å². The number of rotatable bonds is 5. The van der Waals surface area contributed by atoms with Gasteiger partial charge in [-0.2, -0.15) is 4.98 Å². The first-order chi connectivity index (χ1) is 9.42. The molecule has 0 aliphatic carbocycles. The Bertz CT molecular complexity index is 541. The van der Waals surface area contributed by atoms with E-state index in [2.05, 4.69) is 10.1 Å². The first kappa shape index (κ1) is 14.5. The maximum atomic E-state index is 5.58. The van der Waals surface area contributed by atoms with E-state index >= 15 is 0 Å². The lowest BCUT2D eigenvalue weighted by molar-refractivity contribution is -0.0260. The van der Waals surface area contributed by atoms with Crippen molar-refractivity contribution in [1.82, 2.24) is 10.1 Å². The Balaban J connectivity index is 1.85. The third-order valence-corrected chi connectivity index (χ3v) is 2.53. The SMILES string of the molecule is Cc1ccc(OCc2noc(COC(C)(C)C)n2)cc1. The molecule has 0 radical (unpaired) electrons. The second kappa shape index (κ2) is 6.05. The maximum Gasteiger partial charge on any atom is 0.252 e. The molecule has 0 atom stereocenters. The zero-order valence-electron chi connectivity index (χ0n) is 12.3. The molecular formula is C15H20N2O3. The second-order valence-electron chi connectivity index (χ2n) is 5.61. The summed E-state index contributed by atoms with van der Waals surface area (Å²) < 4.78 is 16.2. The minimum Gasteiger partial charge on any atom is -0.485 e. The minimum absolute atomic E-state index is 0.229. The summed E-state index contributed by atoms with van der Waals surface area (Å²) in [6, 6.07) is 7.82. The monoisotopic (exact) mass is 276 g/mol. The molecular weight excluding hydrogens is 256 g/mol. The van der Waals surface area contributed by atoms with Crippen LogP contribution in [-0.4, -0.2) is 15.7 Å². The predicted octanol–water partition coefficient (Wildman–Crippen LogP) is 3.27. The van der Waals surface area contributed by atoms with Crippen LogP contribution in [-0.2, 0) is 18.0 Å². The van der Waals surface area contributed by atoms with Crippen molar-refractivity contribution in [2.75, 3.05) is 0 Å². The molecule has 2 rings (SSSR count). The fraction of sp³-hybridized carbons (Fsp3) is 0.467. The summed E-state index contributed by atoms with van der Waals surface area (Å²) in [5.41, 5.74) is 0.964. The topological polar surface area (TPSA) is 57.4 Å². The molecule has 108 valence electrons. The van der Waals surface area contributed by atoms with Crippen molar-refractivity contribution < 1.29 is 14.0 Å². The molecule has 0 bridgehead atoms. The highest BCUT2D eigenvalue weighted by atomic mass is 16.5. The molecule has 5 heteroatoms. The number of aromatic nitrogens is 2. The zero-order chi connectivity index (χ0) is 14.6. The molecule has 1 aromatic carbocycles. The number of hydrogen-bond acceptors (Lipinski definition) is 5. The summed E-state index contributed by atoms with van der Waals surface area (Å²) >= 11 is 0. The Morgan fingerprint density at radius 2 is 1.80 bits per heavy atom. The number of nitrogens with zero attached hydrogens (tertiary/aromatic N) is 2. The number of aryl methyl sites for hydroxylation is 1. The van der Waals surface area contributed by atoms with Crippen LogP contribution in [0, 0.1) is 6.92 Å². The lowest BCUT2D eigenvalue weighted by atomic mass is 10.2. The van der Waals surface area contributed by atoms with Crippen LogP contribution < -0.4 is 4.74 Å². The van der Waals surface area contributed by atoms with Crippen LogP contribution in [0.5, 0.6) is 5.75 Å². The smallest absolute Gasteiger partial charge is 0.252 e. The van der Waals surface area contributed by atoms with E-state index in [1.54, 1.807) is 0 Å². The quantitative estimate of drug-likeness (QED) is 0.838. The summed E-state index contributed by atoms with van der Waals surface area (Å²) in [6.07, 6.45) is 0. The molecule has 5 nitrogen and oxygen atoms in total. The van der Waals surface area contributed by atoms with E-state index in [4.69, 9.17) is 14.0 Å². The fourth-order valence-corrected chi connectivity index (χ4v) is 1.47. The van der Waals surface area contributed by atoms with Gasteiger partial charge in [-0.1, -0.05) is 22.9 Å². The number of ether oxygens (including phenoxy) is 2. The van der Waals surface area contributed by atoms with Gasteiger partial charge in [-0.25, -0.2) is 0 Å². The molecule has 0 unspecified atom stereocenters. The third kappa shape index (κ3) is 4.66. The molecule has 0 fully saturated rings. The molecule has 0 aliphatic heterocycles. The lowest BCUT2D eigenvalue weighted by Gasteiger charge is -2.17. The molecule has 0 aliphatic rings. The van der Waals surface area contributed by atoms with Gasteiger partial charge in [-0.3, -0.25) is 0 Å². The van der Waals surface area contributed by atoms with E-state index < -0.39 is 0 Å². The minimum atomic E-state index is -0.229. The molecule has 1 heterocycles. The van der Waals surface area contributed by atoms with Crippen LogP contribution in [0.3, 0.4) is 0 Å². The van der Waals surface area contributed by atoms with E-state index in [1.165, 1.54) is 5.56 Å². The van der Waals surface area contributed by atoms with E-state index in [-0.39, 0.29) is 12.2 Å². The fourth-order valence-electron chi connectivity index (χ4n) is 1.47. The lowest BCUT2D eigenvalue weighted by Crippen LogP contribution is -2.18. The predicted molar refractivity (Wildman–Crippen MR) is 74.4 cm³/mol. The van der Waals surface area contributed by atoms with Gasteiger partial charge in [0.05, 0.1) is 5.60 Å². The first-order valence-electron chi connectivity index (χ1n) is 6.57.